The van der Waals surface area contributed by atoms with Gasteiger partial charge in [0.25, 0.3) is 5.91 Å². The van der Waals surface area contributed by atoms with E-state index in [0.29, 0.717) is 27.4 Å². The molecule has 3 aromatic rings. The number of hydrogen-bond acceptors (Lipinski definition) is 4. The highest BCUT2D eigenvalue weighted by Crippen LogP contribution is 2.55. The van der Waals surface area contributed by atoms with Gasteiger partial charge in [0.2, 0.25) is 5.60 Å². The van der Waals surface area contributed by atoms with Gasteiger partial charge in [0.15, 0.2) is 0 Å². The van der Waals surface area contributed by atoms with Crippen molar-refractivity contribution >= 4 is 29.2 Å². The van der Waals surface area contributed by atoms with E-state index in [-0.39, 0.29) is 19.0 Å². The first-order valence-corrected chi connectivity index (χ1v) is 11.4. The first-order valence-electron chi connectivity index (χ1n) is 11.1. The summed E-state index contributed by atoms with van der Waals surface area (Å²) in [5.74, 6) is 4.80. The van der Waals surface area contributed by atoms with Crippen molar-refractivity contribution in [2.24, 2.45) is 0 Å². The summed E-state index contributed by atoms with van der Waals surface area (Å²) in [6.45, 7) is 0.158. The summed E-state index contributed by atoms with van der Waals surface area (Å²) < 4.78 is 5.04. The Morgan fingerprint density at radius 1 is 1.09 bits per heavy atom. The molecular weight excluding hydrogens is 450 g/mol. The number of halogens is 1. The highest BCUT2D eigenvalue weighted by molar-refractivity contribution is 6.31. The molecule has 0 spiro atoms. The maximum Gasteiger partial charge on any atom is 0.338 e. The summed E-state index contributed by atoms with van der Waals surface area (Å²) in [6, 6.07) is 21.7. The largest absolute Gasteiger partial charge is 0.457 e. The molecular formula is C28H22ClNO4. The van der Waals surface area contributed by atoms with Crippen molar-refractivity contribution in [2.75, 3.05) is 5.32 Å². The topological polar surface area (TPSA) is 75.6 Å². The van der Waals surface area contributed by atoms with Gasteiger partial charge >= 0.3 is 5.97 Å². The molecule has 1 atom stereocenters. The second-order valence-corrected chi connectivity index (χ2v) is 9.22. The monoisotopic (exact) mass is 471 g/mol. The lowest BCUT2D eigenvalue weighted by Gasteiger charge is -2.27. The number of rotatable bonds is 5. The number of esters is 1. The number of amides is 1. The Labute approximate surface area is 202 Å². The zero-order valence-corrected chi connectivity index (χ0v) is 19.1. The number of carbonyl (C=O) groups is 2. The molecule has 2 aliphatic rings. The van der Waals surface area contributed by atoms with Crippen LogP contribution in [0.1, 0.15) is 46.3 Å². The Hall–Kier alpha value is -3.59. The van der Waals surface area contributed by atoms with E-state index in [2.05, 4.69) is 17.2 Å². The number of benzene rings is 3. The zero-order chi connectivity index (χ0) is 23.8. The van der Waals surface area contributed by atoms with Gasteiger partial charge in [-0.25, -0.2) is 4.79 Å². The first kappa shape index (κ1) is 22.2. The molecule has 1 aliphatic carbocycles. The number of hydrogen-bond donors (Lipinski definition) is 2. The van der Waals surface area contributed by atoms with Crippen LogP contribution in [0, 0.1) is 11.8 Å². The lowest BCUT2D eigenvalue weighted by molar-refractivity contribution is -0.130. The smallest absolute Gasteiger partial charge is 0.338 e. The number of ether oxygens (including phenoxy) is 1. The van der Waals surface area contributed by atoms with E-state index in [1.165, 1.54) is 0 Å². The third-order valence-corrected chi connectivity index (χ3v) is 6.73. The molecule has 5 nitrogen and oxygen atoms in total. The molecule has 1 unspecified atom stereocenters. The quantitative estimate of drug-likeness (QED) is 0.412. The van der Waals surface area contributed by atoms with Crippen LogP contribution in [0.5, 0.6) is 0 Å². The van der Waals surface area contributed by atoms with Gasteiger partial charge in [0, 0.05) is 33.7 Å². The van der Waals surface area contributed by atoms with Crippen LogP contribution in [0.15, 0.2) is 72.8 Å². The minimum Gasteiger partial charge on any atom is -0.457 e. The lowest BCUT2D eigenvalue weighted by atomic mass is 9.82. The van der Waals surface area contributed by atoms with E-state index in [0.717, 1.165) is 18.4 Å². The first-order chi connectivity index (χ1) is 16.4. The molecule has 3 aromatic carbocycles. The van der Waals surface area contributed by atoms with Crippen molar-refractivity contribution in [3.63, 3.8) is 0 Å². The molecule has 1 fully saturated rings. The van der Waals surface area contributed by atoms with Crippen LogP contribution in [0.25, 0.3) is 0 Å². The van der Waals surface area contributed by atoms with Crippen molar-refractivity contribution in [3.8, 4) is 11.8 Å². The van der Waals surface area contributed by atoms with Crippen molar-refractivity contribution in [3.05, 3.63) is 100 Å². The van der Waals surface area contributed by atoms with Crippen LogP contribution in [0.2, 0.25) is 5.02 Å². The molecule has 1 aliphatic heterocycles. The van der Waals surface area contributed by atoms with Crippen LogP contribution in [-0.4, -0.2) is 22.6 Å². The maximum absolute atomic E-state index is 13.4. The molecule has 6 heteroatoms. The van der Waals surface area contributed by atoms with E-state index >= 15 is 0 Å². The fraction of sp³-hybridized carbons (Fsp3) is 0.214. The summed E-state index contributed by atoms with van der Waals surface area (Å²) in [5, 5.41) is 15.1. The van der Waals surface area contributed by atoms with Crippen molar-refractivity contribution < 1.29 is 19.4 Å². The van der Waals surface area contributed by atoms with Gasteiger partial charge in [-0.15, -0.1) is 0 Å². The Kier molecular flexibility index (Phi) is 5.65. The molecule has 0 saturated heterocycles. The van der Waals surface area contributed by atoms with E-state index in [1.807, 2.05) is 54.6 Å². The van der Waals surface area contributed by atoms with Crippen LogP contribution in [-0.2, 0) is 21.6 Å². The maximum atomic E-state index is 13.4. The van der Waals surface area contributed by atoms with Crippen molar-refractivity contribution in [1.82, 2.24) is 0 Å². The van der Waals surface area contributed by atoms with Crippen molar-refractivity contribution in [2.45, 2.75) is 36.9 Å². The number of fused-ring (bicyclic) bond motifs is 1. The third-order valence-electron chi connectivity index (χ3n) is 6.40. The average Bonchev–Trinajstić information content (AvgIpc) is 3.52. The number of aliphatic hydroxyl groups is 1. The Balaban J connectivity index is 1.47. The molecule has 1 amide bonds. The van der Waals surface area contributed by atoms with E-state index in [1.54, 1.807) is 18.2 Å². The molecule has 0 radical (unpaired) electrons. The van der Waals surface area contributed by atoms with E-state index in [9.17, 15) is 14.7 Å². The number of anilines is 1. The van der Waals surface area contributed by atoms with Crippen LogP contribution in [0.4, 0.5) is 5.69 Å². The fourth-order valence-electron chi connectivity index (χ4n) is 4.40. The normalized spacial score (nSPS) is 16.9. The summed E-state index contributed by atoms with van der Waals surface area (Å²) in [5.41, 5.74) is 0.862. The molecule has 5 rings (SSSR count). The van der Waals surface area contributed by atoms with Crippen LogP contribution >= 0.6 is 11.6 Å². The number of carbonyl (C=O) groups excluding carboxylic acids is 2. The summed E-state index contributed by atoms with van der Waals surface area (Å²) in [6.07, 6.45) is 1.72. The fourth-order valence-corrected chi connectivity index (χ4v) is 4.73. The zero-order valence-electron chi connectivity index (χ0n) is 18.3. The lowest BCUT2D eigenvalue weighted by Crippen LogP contribution is -2.44. The summed E-state index contributed by atoms with van der Waals surface area (Å²) in [4.78, 5) is 25.2. The number of nitrogens with one attached hydrogen (secondary N) is 1. The van der Waals surface area contributed by atoms with Crippen molar-refractivity contribution in [1.29, 1.82) is 0 Å². The average molecular weight is 472 g/mol. The van der Waals surface area contributed by atoms with Gasteiger partial charge in [0.1, 0.15) is 6.61 Å². The van der Waals surface area contributed by atoms with E-state index < -0.39 is 16.9 Å². The predicted molar refractivity (Wildman–Crippen MR) is 129 cm³/mol. The molecule has 170 valence electrons. The second kappa shape index (κ2) is 8.64. The Bertz CT molecular complexity index is 1340. The molecule has 0 aromatic heterocycles. The molecule has 34 heavy (non-hydrogen) atoms. The number of cyclic esters (lactones) is 1. The Morgan fingerprint density at radius 2 is 1.82 bits per heavy atom. The Morgan fingerprint density at radius 3 is 2.56 bits per heavy atom. The van der Waals surface area contributed by atoms with Gasteiger partial charge in [-0.2, -0.15) is 0 Å². The van der Waals surface area contributed by atoms with Crippen LogP contribution < -0.4 is 5.32 Å². The predicted octanol–water partition coefficient (Wildman–Crippen LogP) is 4.85. The molecule has 1 heterocycles. The molecule has 0 bridgehead atoms. The highest BCUT2D eigenvalue weighted by atomic mass is 35.5. The minimum atomic E-state index is -1.96. The summed E-state index contributed by atoms with van der Waals surface area (Å²) >= 11 is 6.47. The standard InChI is InChI=1S/C28H22ClNO4/c29-24-9-5-4-8-23(24)27(14-15-27)18-28(33,13-12-19-6-2-1-3-7-19)26(32)30-21-10-11-22-20(16-21)17-34-25(22)31/h1-11,16,33H,14-15,17-18H2,(H,30,32). The van der Waals surface area contributed by atoms with Gasteiger partial charge in [0.05, 0.1) is 5.56 Å². The highest BCUT2D eigenvalue weighted by Gasteiger charge is 2.53. The summed E-state index contributed by atoms with van der Waals surface area (Å²) in [7, 11) is 0. The third kappa shape index (κ3) is 4.31. The van der Waals surface area contributed by atoms with E-state index in [4.69, 9.17) is 16.3 Å². The second-order valence-electron chi connectivity index (χ2n) is 8.82. The SMILES string of the molecule is O=C1OCc2cc(NC(=O)C(O)(C#Cc3ccccc3)CC3(c4ccccc4Cl)CC3)ccc21. The molecule has 1 saturated carbocycles. The minimum absolute atomic E-state index is 0.113. The van der Waals surface area contributed by atoms with Gasteiger partial charge in [-0.3, -0.25) is 4.79 Å². The van der Waals surface area contributed by atoms with Gasteiger partial charge in [-0.05, 0) is 54.8 Å². The molecule has 2 N–H and O–H groups in total. The van der Waals surface area contributed by atoms with Gasteiger partial charge in [-0.1, -0.05) is 59.8 Å². The van der Waals surface area contributed by atoms with Gasteiger partial charge < -0.3 is 15.2 Å². The van der Waals surface area contributed by atoms with Crippen LogP contribution in [0.3, 0.4) is 0 Å².